The SMILES string of the molecule is CCOc1ccccc1C(=O)N1CCC(c2cn(Cc3cccc(F)c3)c3ccccc23)CC1. The third-order valence-electron chi connectivity index (χ3n) is 6.70. The van der Waals surface area contributed by atoms with Crippen molar-refractivity contribution < 1.29 is 13.9 Å². The summed E-state index contributed by atoms with van der Waals surface area (Å²) < 4.78 is 21.6. The monoisotopic (exact) mass is 456 g/mol. The van der Waals surface area contributed by atoms with Gasteiger partial charge in [0, 0.05) is 36.7 Å². The van der Waals surface area contributed by atoms with Gasteiger partial charge in [-0.3, -0.25) is 4.79 Å². The first-order valence-corrected chi connectivity index (χ1v) is 12.0. The number of rotatable bonds is 6. The van der Waals surface area contributed by atoms with Crippen LogP contribution in [0.25, 0.3) is 10.9 Å². The summed E-state index contributed by atoms with van der Waals surface area (Å²) in [6, 6.07) is 22.7. The number of amides is 1. The molecule has 1 aliphatic heterocycles. The van der Waals surface area contributed by atoms with E-state index in [1.165, 1.54) is 17.0 Å². The van der Waals surface area contributed by atoms with Gasteiger partial charge in [0.15, 0.2) is 0 Å². The van der Waals surface area contributed by atoms with Crippen LogP contribution in [0.15, 0.2) is 79.0 Å². The zero-order valence-electron chi connectivity index (χ0n) is 19.4. The molecule has 4 aromatic rings. The highest BCUT2D eigenvalue weighted by atomic mass is 19.1. The van der Waals surface area contributed by atoms with E-state index in [0.29, 0.717) is 43.5 Å². The number of hydrogen-bond donors (Lipinski definition) is 0. The minimum Gasteiger partial charge on any atom is -0.493 e. The third-order valence-corrected chi connectivity index (χ3v) is 6.70. The molecule has 0 saturated carbocycles. The van der Waals surface area contributed by atoms with Gasteiger partial charge >= 0.3 is 0 Å². The largest absolute Gasteiger partial charge is 0.493 e. The molecule has 2 heterocycles. The first-order chi connectivity index (χ1) is 16.6. The van der Waals surface area contributed by atoms with Gasteiger partial charge in [0.05, 0.1) is 12.2 Å². The Morgan fingerprint density at radius 2 is 1.76 bits per heavy atom. The van der Waals surface area contributed by atoms with Gasteiger partial charge in [0.1, 0.15) is 11.6 Å². The van der Waals surface area contributed by atoms with Crippen LogP contribution in [0.1, 0.15) is 47.2 Å². The Bertz CT molecular complexity index is 1300. The standard InChI is InChI=1S/C29H29FN2O2/c1-2-34-28-13-6-4-11-25(28)29(33)31-16-14-22(15-17-31)26-20-32(27-12-5-3-10-24(26)27)19-21-8-7-9-23(30)18-21/h3-13,18,20,22H,2,14-17,19H2,1H3. The molecule has 4 nitrogen and oxygen atoms in total. The number of piperidine rings is 1. The second-order valence-electron chi connectivity index (χ2n) is 8.86. The highest BCUT2D eigenvalue weighted by molar-refractivity contribution is 5.97. The molecule has 5 heteroatoms. The van der Waals surface area contributed by atoms with E-state index in [4.69, 9.17) is 4.74 Å². The molecule has 34 heavy (non-hydrogen) atoms. The molecule has 1 fully saturated rings. The summed E-state index contributed by atoms with van der Waals surface area (Å²) in [5, 5.41) is 1.24. The van der Waals surface area contributed by atoms with Crippen LogP contribution in [-0.2, 0) is 6.54 Å². The summed E-state index contributed by atoms with van der Waals surface area (Å²) in [4.78, 5) is 15.1. The molecular formula is C29H29FN2O2. The summed E-state index contributed by atoms with van der Waals surface area (Å²) in [5.74, 6) is 0.857. The number of likely N-dealkylation sites (tertiary alicyclic amines) is 1. The topological polar surface area (TPSA) is 34.5 Å². The maximum Gasteiger partial charge on any atom is 0.257 e. The van der Waals surface area contributed by atoms with Crippen LogP contribution in [-0.4, -0.2) is 35.1 Å². The zero-order valence-corrected chi connectivity index (χ0v) is 19.4. The summed E-state index contributed by atoms with van der Waals surface area (Å²) in [7, 11) is 0. The summed E-state index contributed by atoms with van der Waals surface area (Å²) in [6.07, 6.45) is 4.05. The first-order valence-electron chi connectivity index (χ1n) is 12.0. The van der Waals surface area contributed by atoms with E-state index in [9.17, 15) is 9.18 Å². The second kappa shape index (κ2) is 9.72. The molecule has 0 atom stereocenters. The van der Waals surface area contributed by atoms with Gasteiger partial charge in [-0.2, -0.15) is 0 Å². The Morgan fingerprint density at radius 1 is 1.00 bits per heavy atom. The molecule has 1 amide bonds. The number of carbonyl (C=O) groups excluding carboxylic acids is 1. The summed E-state index contributed by atoms with van der Waals surface area (Å²) >= 11 is 0. The maximum absolute atomic E-state index is 13.7. The van der Waals surface area contributed by atoms with E-state index < -0.39 is 0 Å². The van der Waals surface area contributed by atoms with Crippen molar-refractivity contribution in [3.8, 4) is 5.75 Å². The fourth-order valence-corrected chi connectivity index (χ4v) is 5.05. The van der Waals surface area contributed by atoms with Gasteiger partial charge in [-0.25, -0.2) is 4.39 Å². The fourth-order valence-electron chi connectivity index (χ4n) is 5.05. The smallest absolute Gasteiger partial charge is 0.257 e. The predicted octanol–water partition coefficient (Wildman–Crippen LogP) is 6.25. The van der Waals surface area contributed by atoms with Gasteiger partial charge in [-0.05, 0) is 67.1 Å². The molecule has 0 aliphatic carbocycles. The van der Waals surface area contributed by atoms with Gasteiger partial charge in [-0.15, -0.1) is 0 Å². The Morgan fingerprint density at radius 3 is 2.56 bits per heavy atom. The molecule has 174 valence electrons. The molecular weight excluding hydrogens is 427 g/mol. The number of halogens is 1. The van der Waals surface area contributed by atoms with Crippen molar-refractivity contribution in [3.63, 3.8) is 0 Å². The number of para-hydroxylation sites is 2. The molecule has 5 rings (SSSR count). The van der Waals surface area contributed by atoms with Crippen molar-refractivity contribution in [1.82, 2.24) is 9.47 Å². The molecule has 0 radical (unpaired) electrons. The van der Waals surface area contributed by atoms with Crippen LogP contribution in [0.4, 0.5) is 4.39 Å². The molecule has 0 bridgehead atoms. The Hall–Kier alpha value is -3.60. The minimum absolute atomic E-state index is 0.0380. The van der Waals surface area contributed by atoms with Crippen molar-refractivity contribution in [2.45, 2.75) is 32.2 Å². The van der Waals surface area contributed by atoms with Gasteiger partial charge < -0.3 is 14.2 Å². The lowest BCUT2D eigenvalue weighted by Crippen LogP contribution is -2.38. The number of fused-ring (bicyclic) bond motifs is 1. The number of hydrogen-bond acceptors (Lipinski definition) is 2. The van der Waals surface area contributed by atoms with Crippen LogP contribution >= 0.6 is 0 Å². The Balaban J connectivity index is 1.35. The molecule has 0 spiro atoms. The molecule has 3 aromatic carbocycles. The number of carbonyl (C=O) groups is 1. The lowest BCUT2D eigenvalue weighted by atomic mass is 9.89. The number of ether oxygens (including phenoxy) is 1. The van der Waals surface area contributed by atoms with Crippen molar-refractivity contribution >= 4 is 16.8 Å². The van der Waals surface area contributed by atoms with E-state index in [0.717, 1.165) is 23.9 Å². The first kappa shape index (κ1) is 22.2. The van der Waals surface area contributed by atoms with E-state index in [2.05, 4.69) is 29.0 Å². The molecule has 0 N–H and O–H groups in total. The van der Waals surface area contributed by atoms with Crippen molar-refractivity contribution in [3.05, 3.63) is 102 Å². The van der Waals surface area contributed by atoms with Crippen LogP contribution in [0.2, 0.25) is 0 Å². The quantitative estimate of drug-likeness (QED) is 0.344. The van der Waals surface area contributed by atoms with E-state index in [1.807, 2.05) is 48.2 Å². The lowest BCUT2D eigenvalue weighted by molar-refractivity contribution is 0.0709. The predicted molar refractivity (Wildman–Crippen MR) is 133 cm³/mol. The maximum atomic E-state index is 13.7. The minimum atomic E-state index is -0.211. The Labute approximate surface area is 199 Å². The second-order valence-corrected chi connectivity index (χ2v) is 8.86. The lowest BCUT2D eigenvalue weighted by Gasteiger charge is -2.32. The molecule has 1 aromatic heterocycles. The molecule has 1 saturated heterocycles. The summed E-state index contributed by atoms with van der Waals surface area (Å²) in [5.41, 5.74) is 4.05. The zero-order chi connectivity index (χ0) is 23.5. The van der Waals surface area contributed by atoms with Crippen LogP contribution in [0.5, 0.6) is 5.75 Å². The van der Waals surface area contributed by atoms with E-state index in [1.54, 1.807) is 12.1 Å². The highest BCUT2D eigenvalue weighted by Gasteiger charge is 2.28. The Kier molecular flexibility index (Phi) is 6.35. The van der Waals surface area contributed by atoms with Gasteiger partial charge in [0.2, 0.25) is 0 Å². The average Bonchev–Trinajstić information content (AvgIpc) is 3.23. The normalized spacial score (nSPS) is 14.5. The van der Waals surface area contributed by atoms with E-state index in [-0.39, 0.29) is 11.7 Å². The van der Waals surface area contributed by atoms with Crippen LogP contribution in [0.3, 0.4) is 0 Å². The number of aromatic nitrogens is 1. The highest BCUT2D eigenvalue weighted by Crippen LogP contribution is 2.35. The summed E-state index contributed by atoms with van der Waals surface area (Å²) in [6.45, 7) is 4.52. The van der Waals surface area contributed by atoms with E-state index >= 15 is 0 Å². The number of nitrogens with zero attached hydrogens (tertiary/aromatic N) is 2. The fraction of sp³-hybridized carbons (Fsp3) is 0.276. The average molecular weight is 457 g/mol. The number of benzene rings is 3. The van der Waals surface area contributed by atoms with Gasteiger partial charge in [-0.1, -0.05) is 42.5 Å². The van der Waals surface area contributed by atoms with Crippen molar-refractivity contribution in [2.75, 3.05) is 19.7 Å². The van der Waals surface area contributed by atoms with Crippen molar-refractivity contribution in [2.24, 2.45) is 0 Å². The third kappa shape index (κ3) is 4.43. The molecule has 0 unspecified atom stereocenters. The molecule has 1 aliphatic rings. The van der Waals surface area contributed by atoms with Crippen molar-refractivity contribution in [1.29, 1.82) is 0 Å². The van der Waals surface area contributed by atoms with Gasteiger partial charge in [0.25, 0.3) is 5.91 Å². The van der Waals surface area contributed by atoms with Crippen LogP contribution in [0, 0.1) is 5.82 Å². The van der Waals surface area contributed by atoms with Crippen LogP contribution < -0.4 is 4.74 Å².